The lowest BCUT2D eigenvalue weighted by Gasteiger charge is -2.18. The molecule has 4 nitrogen and oxygen atoms in total. The smallest absolute Gasteiger partial charge is 0.303 e. The highest BCUT2D eigenvalue weighted by atomic mass is 16.4. The minimum atomic E-state index is -0.776. The van der Waals surface area contributed by atoms with Gasteiger partial charge in [0.25, 0.3) is 0 Å². The second-order valence-corrected chi connectivity index (χ2v) is 4.82. The molecule has 0 saturated heterocycles. The first kappa shape index (κ1) is 15.9. The lowest BCUT2D eigenvalue weighted by Crippen LogP contribution is -2.27. The SMILES string of the molecule is CCC(CC(=O)NCCCCC(=O)O)C(C)C. The van der Waals surface area contributed by atoms with Crippen molar-refractivity contribution in [1.82, 2.24) is 5.32 Å². The number of carboxylic acid groups (broad SMARTS) is 1. The van der Waals surface area contributed by atoms with Crippen LogP contribution >= 0.6 is 0 Å². The van der Waals surface area contributed by atoms with Gasteiger partial charge in [-0.2, -0.15) is 0 Å². The van der Waals surface area contributed by atoms with Gasteiger partial charge in [-0.1, -0.05) is 27.2 Å². The van der Waals surface area contributed by atoms with E-state index in [4.69, 9.17) is 5.11 Å². The molecule has 0 fully saturated rings. The van der Waals surface area contributed by atoms with Crippen LogP contribution in [-0.4, -0.2) is 23.5 Å². The Morgan fingerprint density at radius 1 is 1.24 bits per heavy atom. The summed E-state index contributed by atoms with van der Waals surface area (Å²) in [5.41, 5.74) is 0. The Hall–Kier alpha value is -1.06. The van der Waals surface area contributed by atoms with Crippen molar-refractivity contribution in [3.63, 3.8) is 0 Å². The number of carbonyl (C=O) groups is 2. The van der Waals surface area contributed by atoms with Crippen LogP contribution in [0.1, 0.15) is 52.9 Å². The zero-order chi connectivity index (χ0) is 13.3. The Bertz CT molecular complexity index is 239. The first-order valence-electron chi connectivity index (χ1n) is 6.45. The highest BCUT2D eigenvalue weighted by molar-refractivity contribution is 5.76. The second-order valence-electron chi connectivity index (χ2n) is 4.82. The summed E-state index contributed by atoms with van der Waals surface area (Å²) in [5.74, 6) is 0.273. The molecule has 0 aliphatic carbocycles. The molecule has 100 valence electrons. The summed E-state index contributed by atoms with van der Waals surface area (Å²) in [6, 6.07) is 0. The average molecular weight is 243 g/mol. The maximum absolute atomic E-state index is 11.6. The van der Waals surface area contributed by atoms with E-state index in [1.807, 2.05) is 0 Å². The van der Waals surface area contributed by atoms with Crippen LogP contribution in [0, 0.1) is 11.8 Å². The van der Waals surface area contributed by atoms with E-state index >= 15 is 0 Å². The van der Waals surface area contributed by atoms with Gasteiger partial charge < -0.3 is 10.4 Å². The molecule has 0 spiro atoms. The normalized spacial score (nSPS) is 12.5. The van der Waals surface area contributed by atoms with Crippen molar-refractivity contribution < 1.29 is 14.7 Å². The maximum Gasteiger partial charge on any atom is 0.303 e. The largest absolute Gasteiger partial charge is 0.481 e. The molecule has 1 unspecified atom stereocenters. The number of hydrogen-bond acceptors (Lipinski definition) is 2. The van der Waals surface area contributed by atoms with E-state index in [0.29, 0.717) is 31.2 Å². The van der Waals surface area contributed by atoms with Crippen molar-refractivity contribution in [1.29, 1.82) is 0 Å². The zero-order valence-electron chi connectivity index (χ0n) is 11.2. The van der Waals surface area contributed by atoms with Crippen LogP contribution in [0.15, 0.2) is 0 Å². The Morgan fingerprint density at radius 3 is 2.35 bits per heavy atom. The first-order chi connectivity index (χ1) is 7.97. The van der Waals surface area contributed by atoms with Crippen LogP contribution in [0.5, 0.6) is 0 Å². The fourth-order valence-electron chi connectivity index (χ4n) is 1.79. The third-order valence-electron chi connectivity index (χ3n) is 3.05. The summed E-state index contributed by atoms with van der Waals surface area (Å²) < 4.78 is 0. The van der Waals surface area contributed by atoms with Crippen molar-refractivity contribution in [2.45, 2.75) is 52.9 Å². The van der Waals surface area contributed by atoms with Gasteiger partial charge in [-0.15, -0.1) is 0 Å². The number of aliphatic carboxylic acids is 1. The number of nitrogens with one attached hydrogen (secondary N) is 1. The molecule has 0 aromatic heterocycles. The van der Waals surface area contributed by atoms with E-state index in [-0.39, 0.29) is 12.3 Å². The number of unbranched alkanes of at least 4 members (excludes halogenated alkanes) is 1. The number of hydrogen-bond donors (Lipinski definition) is 2. The minimum Gasteiger partial charge on any atom is -0.481 e. The highest BCUT2D eigenvalue weighted by Crippen LogP contribution is 2.18. The first-order valence-corrected chi connectivity index (χ1v) is 6.45. The Morgan fingerprint density at radius 2 is 1.88 bits per heavy atom. The Balaban J connectivity index is 3.62. The standard InChI is InChI=1S/C13H25NO3/c1-4-11(10(2)3)9-12(15)14-8-6-5-7-13(16)17/h10-11H,4-9H2,1-3H3,(H,14,15)(H,16,17). The van der Waals surface area contributed by atoms with Crippen molar-refractivity contribution in [2.24, 2.45) is 11.8 Å². The van der Waals surface area contributed by atoms with Crippen molar-refractivity contribution >= 4 is 11.9 Å². The molecule has 0 bridgehead atoms. The molecule has 0 aliphatic rings. The number of carbonyl (C=O) groups excluding carboxylic acids is 1. The lowest BCUT2D eigenvalue weighted by molar-refractivity contribution is -0.137. The zero-order valence-corrected chi connectivity index (χ0v) is 11.2. The van der Waals surface area contributed by atoms with E-state index in [9.17, 15) is 9.59 Å². The van der Waals surface area contributed by atoms with Gasteiger partial charge in [0.15, 0.2) is 0 Å². The monoisotopic (exact) mass is 243 g/mol. The van der Waals surface area contributed by atoms with E-state index in [0.717, 1.165) is 12.8 Å². The summed E-state index contributed by atoms with van der Waals surface area (Å²) in [6.07, 6.45) is 3.13. The Kier molecular flexibility index (Phi) is 8.46. The van der Waals surface area contributed by atoms with Gasteiger partial charge in [0.2, 0.25) is 5.91 Å². The third kappa shape index (κ3) is 8.72. The van der Waals surface area contributed by atoms with Crippen molar-refractivity contribution in [2.75, 3.05) is 6.54 Å². The molecule has 0 heterocycles. The topological polar surface area (TPSA) is 66.4 Å². The molecule has 1 atom stereocenters. The molecule has 0 aromatic carbocycles. The molecule has 1 amide bonds. The van der Waals surface area contributed by atoms with Gasteiger partial charge in [0.1, 0.15) is 0 Å². The molecular weight excluding hydrogens is 218 g/mol. The number of amides is 1. The molecule has 17 heavy (non-hydrogen) atoms. The average Bonchev–Trinajstić information content (AvgIpc) is 2.24. The van der Waals surface area contributed by atoms with Crippen LogP contribution < -0.4 is 5.32 Å². The van der Waals surface area contributed by atoms with Gasteiger partial charge in [0, 0.05) is 19.4 Å². The van der Waals surface area contributed by atoms with Crippen molar-refractivity contribution in [3.05, 3.63) is 0 Å². The van der Waals surface area contributed by atoms with Crippen molar-refractivity contribution in [3.8, 4) is 0 Å². The van der Waals surface area contributed by atoms with Gasteiger partial charge in [0.05, 0.1) is 0 Å². The summed E-state index contributed by atoms with van der Waals surface area (Å²) in [6.45, 7) is 6.95. The van der Waals surface area contributed by atoms with E-state index in [1.165, 1.54) is 0 Å². The summed E-state index contributed by atoms with van der Waals surface area (Å²) in [5, 5.41) is 11.3. The van der Waals surface area contributed by atoms with Crippen LogP contribution in [0.4, 0.5) is 0 Å². The fourth-order valence-corrected chi connectivity index (χ4v) is 1.79. The quantitative estimate of drug-likeness (QED) is 0.611. The molecule has 4 heteroatoms. The van der Waals surface area contributed by atoms with Gasteiger partial charge in [-0.3, -0.25) is 9.59 Å². The summed E-state index contributed by atoms with van der Waals surface area (Å²) in [7, 11) is 0. The number of rotatable bonds is 9. The molecule has 0 saturated carbocycles. The van der Waals surface area contributed by atoms with E-state index in [1.54, 1.807) is 0 Å². The van der Waals surface area contributed by atoms with Crippen LogP contribution in [0.3, 0.4) is 0 Å². The highest BCUT2D eigenvalue weighted by Gasteiger charge is 2.14. The summed E-state index contributed by atoms with van der Waals surface area (Å²) >= 11 is 0. The second kappa shape index (κ2) is 9.02. The number of carboxylic acids is 1. The Labute approximate surface area is 104 Å². The fraction of sp³-hybridized carbons (Fsp3) is 0.846. The molecule has 0 aromatic rings. The van der Waals surface area contributed by atoms with Crippen LogP contribution in [-0.2, 0) is 9.59 Å². The predicted molar refractivity (Wildman–Crippen MR) is 67.7 cm³/mol. The van der Waals surface area contributed by atoms with Gasteiger partial charge in [-0.25, -0.2) is 0 Å². The van der Waals surface area contributed by atoms with E-state index in [2.05, 4.69) is 26.1 Å². The third-order valence-corrected chi connectivity index (χ3v) is 3.05. The summed E-state index contributed by atoms with van der Waals surface area (Å²) in [4.78, 5) is 21.9. The minimum absolute atomic E-state index is 0.0841. The molecule has 0 radical (unpaired) electrons. The van der Waals surface area contributed by atoms with Crippen LogP contribution in [0.25, 0.3) is 0 Å². The van der Waals surface area contributed by atoms with Gasteiger partial charge in [-0.05, 0) is 24.7 Å². The predicted octanol–water partition coefficient (Wildman–Crippen LogP) is 2.43. The maximum atomic E-state index is 11.6. The van der Waals surface area contributed by atoms with Gasteiger partial charge >= 0.3 is 5.97 Å². The lowest BCUT2D eigenvalue weighted by atomic mass is 9.90. The molecule has 2 N–H and O–H groups in total. The molecule has 0 aliphatic heterocycles. The van der Waals surface area contributed by atoms with E-state index < -0.39 is 5.97 Å². The molecule has 0 rings (SSSR count). The molecular formula is C13H25NO3. The van der Waals surface area contributed by atoms with Crippen LogP contribution in [0.2, 0.25) is 0 Å².